The van der Waals surface area contributed by atoms with Crippen molar-refractivity contribution in [3.8, 4) is 11.5 Å². The van der Waals surface area contributed by atoms with Gasteiger partial charge < -0.3 is 9.73 Å². The van der Waals surface area contributed by atoms with Crippen LogP contribution in [0.3, 0.4) is 0 Å². The van der Waals surface area contributed by atoms with Crippen molar-refractivity contribution in [3.05, 3.63) is 66.1 Å². The number of fused-ring (bicyclic) bond motifs is 2. The summed E-state index contributed by atoms with van der Waals surface area (Å²) >= 11 is 0. The number of carbonyl (C=O) groups is 1. The number of aromatic nitrogens is 4. The molecule has 0 aliphatic rings. The van der Waals surface area contributed by atoms with E-state index in [0.29, 0.717) is 22.5 Å². The molecular weight excluding hydrogens is 380 g/mol. The Morgan fingerprint density at radius 2 is 2.07 bits per heavy atom. The monoisotopic (exact) mass is 393 g/mol. The smallest absolute Gasteiger partial charge is 0.261 e. The normalized spacial score (nSPS) is 11.4. The number of anilines is 1. The van der Waals surface area contributed by atoms with Gasteiger partial charge in [-0.05, 0) is 30.3 Å². The lowest BCUT2D eigenvalue weighted by Gasteiger charge is -2.08. The Morgan fingerprint density at radius 3 is 2.86 bits per heavy atom. The van der Waals surface area contributed by atoms with Gasteiger partial charge in [0.2, 0.25) is 0 Å². The Kier molecular flexibility index (Phi) is 3.70. The Morgan fingerprint density at radius 1 is 1.21 bits per heavy atom. The lowest BCUT2D eigenvalue weighted by molar-refractivity contribution is 0.101. The SMILES string of the molecule is Cn1ncc2c(F)c(C(=O)Nc3ccc4[nH]nc(-c5ccco5)c4c3)c(F)cc21. The highest BCUT2D eigenvalue weighted by atomic mass is 19.1. The van der Waals surface area contributed by atoms with Gasteiger partial charge >= 0.3 is 0 Å². The maximum absolute atomic E-state index is 14.8. The number of benzene rings is 2. The summed E-state index contributed by atoms with van der Waals surface area (Å²) in [7, 11) is 1.57. The molecule has 0 spiro atoms. The van der Waals surface area contributed by atoms with Crippen LogP contribution in [0, 0.1) is 11.6 Å². The molecule has 0 saturated heterocycles. The standard InChI is InChI=1S/C20H13F2N5O2/c1-27-15-8-13(21)17(18(22)12(15)9-23-27)20(28)24-10-4-5-14-11(7-10)19(26-25-14)16-3-2-6-29-16/h2-9H,1H3,(H,24,28)(H,25,26). The Bertz CT molecular complexity index is 1390. The molecule has 0 aliphatic heterocycles. The molecule has 5 aromatic rings. The van der Waals surface area contributed by atoms with E-state index < -0.39 is 23.1 Å². The van der Waals surface area contributed by atoms with Gasteiger partial charge in [-0.2, -0.15) is 10.2 Å². The highest BCUT2D eigenvalue weighted by molar-refractivity contribution is 6.08. The quantitative estimate of drug-likeness (QED) is 0.480. The first-order chi connectivity index (χ1) is 14.0. The largest absolute Gasteiger partial charge is 0.463 e. The minimum Gasteiger partial charge on any atom is -0.463 e. The third kappa shape index (κ3) is 2.66. The molecule has 3 aromatic heterocycles. The molecular formula is C20H13F2N5O2. The van der Waals surface area contributed by atoms with Crippen LogP contribution in [0.1, 0.15) is 10.4 Å². The van der Waals surface area contributed by atoms with Crippen LogP contribution in [0.5, 0.6) is 0 Å². The summed E-state index contributed by atoms with van der Waals surface area (Å²) in [6, 6.07) is 9.57. The summed E-state index contributed by atoms with van der Waals surface area (Å²) in [6.45, 7) is 0. The number of nitrogens with one attached hydrogen (secondary N) is 2. The number of H-pyrrole nitrogens is 1. The van der Waals surface area contributed by atoms with E-state index in [9.17, 15) is 13.6 Å². The van der Waals surface area contributed by atoms with Gasteiger partial charge in [0.15, 0.2) is 5.76 Å². The molecule has 2 aromatic carbocycles. The molecule has 3 heterocycles. The van der Waals surface area contributed by atoms with E-state index in [1.807, 2.05) is 0 Å². The van der Waals surface area contributed by atoms with Crippen molar-refractivity contribution >= 4 is 33.4 Å². The van der Waals surface area contributed by atoms with Crippen LogP contribution < -0.4 is 5.32 Å². The molecule has 0 unspecified atom stereocenters. The van der Waals surface area contributed by atoms with Crippen LogP contribution in [-0.4, -0.2) is 25.9 Å². The highest BCUT2D eigenvalue weighted by Crippen LogP contribution is 2.29. The Hall–Kier alpha value is -4.01. The van der Waals surface area contributed by atoms with Gasteiger partial charge in [0.05, 0.1) is 28.9 Å². The number of amides is 1. The zero-order chi connectivity index (χ0) is 20.1. The summed E-state index contributed by atoms with van der Waals surface area (Å²) in [5, 5.41) is 14.3. The third-order valence-corrected chi connectivity index (χ3v) is 4.75. The van der Waals surface area contributed by atoms with Crippen molar-refractivity contribution in [2.45, 2.75) is 0 Å². The fourth-order valence-electron chi connectivity index (χ4n) is 3.31. The van der Waals surface area contributed by atoms with Crippen LogP contribution in [-0.2, 0) is 7.05 Å². The van der Waals surface area contributed by atoms with Crippen molar-refractivity contribution in [2.24, 2.45) is 7.05 Å². The number of aryl methyl sites for hydroxylation is 1. The molecule has 0 aliphatic carbocycles. The number of rotatable bonds is 3. The highest BCUT2D eigenvalue weighted by Gasteiger charge is 2.22. The molecule has 0 fully saturated rings. The van der Waals surface area contributed by atoms with Gasteiger partial charge in [0.25, 0.3) is 5.91 Å². The molecule has 7 nitrogen and oxygen atoms in total. The molecule has 144 valence electrons. The van der Waals surface area contributed by atoms with Gasteiger partial charge in [-0.25, -0.2) is 8.78 Å². The first-order valence-corrected chi connectivity index (χ1v) is 8.66. The third-order valence-electron chi connectivity index (χ3n) is 4.75. The minimum absolute atomic E-state index is 0.0736. The second kappa shape index (κ2) is 6.26. The summed E-state index contributed by atoms with van der Waals surface area (Å²) in [5.41, 5.74) is 1.25. The van der Waals surface area contributed by atoms with E-state index in [4.69, 9.17) is 4.42 Å². The number of furan rings is 1. The van der Waals surface area contributed by atoms with Gasteiger partial charge in [-0.15, -0.1) is 0 Å². The molecule has 0 atom stereocenters. The first kappa shape index (κ1) is 17.1. The fourth-order valence-corrected chi connectivity index (χ4v) is 3.31. The number of carbonyl (C=O) groups excluding carboxylic acids is 1. The van der Waals surface area contributed by atoms with Gasteiger partial charge in [0, 0.05) is 24.2 Å². The summed E-state index contributed by atoms with van der Waals surface area (Å²) in [6.07, 6.45) is 2.79. The molecule has 0 saturated carbocycles. The molecule has 0 radical (unpaired) electrons. The molecule has 9 heteroatoms. The van der Waals surface area contributed by atoms with Gasteiger partial charge in [-0.3, -0.25) is 14.6 Å². The van der Waals surface area contributed by atoms with Crippen LogP contribution in [0.25, 0.3) is 33.3 Å². The summed E-state index contributed by atoms with van der Waals surface area (Å²) < 4.78 is 36.0. The van der Waals surface area contributed by atoms with Crippen LogP contribution in [0.2, 0.25) is 0 Å². The zero-order valence-electron chi connectivity index (χ0n) is 15.0. The predicted octanol–water partition coefficient (Wildman–Crippen LogP) is 4.24. The Balaban J connectivity index is 1.53. The second-order valence-electron chi connectivity index (χ2n) is 6.51. The van der Waals surface area contributed by atoms with Crippen molar-refractivity contribution in [2.75, 3.05) is 5.32 Å². The zero-order valence-corrected chi connectivity index (χ0v) is 15.0. The maximum atomic E-state index is 14.8. The predicted molar refractivity (Wildman–Crippen MR) is 102 cm³/mol. The van der Waals surface area contributed by atoms with Gasteiger partial charge in [-0.1, -0.05) is 0 Å². The van der Waals surface area contributed by atoms with E-state index in [0.717, 1.165) is 11.6 Å². The number of aromatic amines is 1. The average Bonchev–Trinajstić information content (AvgIpc) is 3.42. The van der Waals surface area contributed by atoms with Crippen LogP contribution in [0.4, 0.5) is 14.5 Å². The van der Waals surface area contributed by atoms with Crippen LogP contribution in [0.15, 0.2) is 53.3 Å². The van der Waals surface area contributed by atoms with E-state index in [1.54, 1.807) is 37.4 Å². The maximum Gasteiger partial charge on any atom is 0.261 e. The van der Waals surface area contributed by atoms with Crippen LogP contribution >= 0.6 is 0 Å². The average molecular weight is 393 g/mol. The lowest BCUT2D eigenvalue weighted by Crippen LogP contribution is -2.16. The summed E-state index contributed by atoms with van der Waals surface area (Å²) in [4.78, 5) is 12.6. The van der Waals surface area contributed by atoms with E-state index in [-0.39, 0.29) is 10.9 Å². The first-order valence-electron chi connectivity index (χ1n) is 8.66. The molecule has 0 bridgehead atoms. The van der Waals surface area contributed by atoms with Gasteiger partial charge in [0.1, 0.15) is 22.9 Å². The second-order valence-corrected chi connectivity index (χ2v) is 6.51. The number of hydrogen-bond acceptors (Lipinski definition) is 4. The molecule has 29 heavy (non-hydrogen) atoms. The molecule has 2 N–H and O–H groups in total. The van der Waals surface area contributed by atoms with Crippen molar-refractivity contribution in [1.29, 1.82) is 0 Å². The lowest BCUT2D eigenvalue weighted by atomic mass is 10.1. The van der Waals surface area contributed by atoms with Crippen molar-refractivity contribution in [3.63, 3.8) is 0 Å². The van der Waals surface area contributed by atoms with Crippen molar-refractivity contribution < 1.29 is 18.0 Å². The fraction of sp³-hybridized carbons (Fsp3) is 0.0500. The number of hydrogen-bond donors (Lipinski definition) is 2. The minimum atomic E-state index is -0.961. The Labute approximate surface area is 161 Å². The summed E-state index contributed by atoms with van der Waals surface area (Å²) in [5.74, 6) is -2.25. The van der Waals surface area contributed by atoms with E-state index in [1.165, 1.54) is 17.1 Å². The van der Waals surface area contributed by atoms with Crippen molar-refractivity contribution in [1.82, 2.24) is 20.0 Å². The number of halogens is 2. The van der Waals surface area contributed by atoms with E-state index in [2.05, 4.69) is 20.6 Å². The molecule has 1 amide bonds. The molecule has 5 rings (SSSR count). The topological polar surface area (TPSA) is 88.7 Å². The number of nitrogens with zero attached hydrogens (tertiary/aromatic N) is 3. The van der Waals surface area contributed by atoms with E-state index >= 15 is 0 Å².